The average Bonchev–Trinajstić information content (AvgIpc) is 3.13. The van der Waals surface area contributed by atoms with Crippen LogP contribution < -0.4 is 5.32 Å². The number of hydrogen-bond acceptors (Lipinski definition) is 4. The van der Waals surface area contributed by atoms with Crippen molar-refractivity contribution >= 4 is 16.9 Å². The summed E-state index contributed by atoms with van der Waals surface area (Å²) < 4.78 is 3.76. The number of fused-ring (bicyclic) bond motifs is 1. The van der Waals surface area contributed by atoms with E-state index in [1.807, 2.05) is 47.4 Å². The van der Waals surface area contributed by atoms with E-state index < -0.39 is 0 Å². The SMILES string of the molecule is CCCn1ncnc1[C@H](C)NC(=O)Cn1c(C)nc2ccccc21. The van der Waals surface area contributed by atoms with Crippen LogP contribution in [0.3, 0.4) is 0 Å². The van der Waals surface area contributed by atoms with E-state index in [2.05, 4.69) is 27.3 Å². The first kappa shape index (κ1) is 16.2. The first-order valence-corrected chi connectivity index (χ1v) is 8.19. The molecule has 2 aromatic heterocycles. The van der Waals surface area contributed by atoms with Crippen LogP contribution in [0.15, 0.2) is 30.6 Å². The van der Waals surface area contributed by atoms with Crippen molar-refractivity contribution in [2.75, 3.05) is 0 Å². The zero-order valence-corrected chi connectivity index (χ0v) is 14.2. The monoisotopic (exact) mass is 326 g/mol. The highest BCUT2D eigenvalue weighted by atomic mass is 16.2. The molecule has 1 amide bonds. The van der Waals surface area contributed by atoms with Crippen molar-refractivity contribution in [2.24, 2.45) is 0 Å². The fraction of sp³-hybridized carbons (Fsp3) is 0.412. The minimum absolute atomic E-state index is 0.0696. The van der Waals surface area contributed by atoms with Gasteiger partial charge in [-0.3, -0.25) is 4.79 Å². The molecule has 126 valence electrons. The highest BCUT2D eigenvalue weighted by Gasteiger charge is 2.17. The second-order valence-electron chi connectivity index (χ2n) is 5.86. The first-order chi connectivity index (χ1) is 11.6. The van der Waals surface area contributed by atoms with Gasteiger partial charge in [-0.05, 0) is 32.4 Å². The van der Waals surface area contributed by atoms with Crippen LogP contribution >= 0.6 is 0 Å². The third-order valence-electron chi connectivity index (χ3n) is 3.99. The molecule has 2 heterocycles. The Labute approximate surface area is 140 Å². The normalized spacial score (nSPS) is 12.5. The summed E-state index contributed by atoms with van der Waals surface area (Å²) >= 11 is 0. The van der Waals surface area contributed by atoms with E-state index in [1.54, 1.807) is 0 Å². The fourth-order valence-corrected chi connectivity index (χ4v) is 2.88. The maximum absolute atomic E-state index is 12.5. The molecule has 0 bridgehead atoms. The number of imidazole rings is 1. The molecule has 1 aromatic carbocycles. The number of benzene rings is 1. The number of carbonyl (C=O) groups excluding carboxylic acids is 1. The lowest BCUT2D eigenvalue weighted by molar-refractivity contribution is -0.122. The van der Waals surface area contributed by atoms with Crippen LogP contribution in [0.25, 0.3) is 11.0 Å². The van der Waals surface area contributed by atoms with Gasteiger partial charge in [-0.15, -0.1) is 0 Å². The number of carbonyl (C=O) groups is 1. The fourth-order valence-electron chi connectivity index (χ4n) is 2.88. The molecule has 24 heavy (non-hydrogen) atoms. The van der Waals surface area contributed by atoms with Gasteiger partial charge in [-0.25, -0.2) is 14.6 Å². The van der Waals surface area contributed by atoms with Crippen LogP contribution in [0.1, 0.15) is 38.0 Å². The summed E-state index contributed by atoms with van der Waals surface area (Å²) in [7, 11) is 0. The molecule has 0 saturated carbocycles. The van der Waals surface area contributed by atoms with Crippen LogP contribution in [-0.4, -0.2) is 30.2 Å². The Morgan fingerprint density at radius 2 is 2.12 bits per heavy atom. The molecular formula is C17H22N6O. The van der Waals surface area contributed by atoms with E-state index in [1.165, 1.54) is 6.33 Å². The number of para-hydroxylation sites is 2. The van der Waals surface area contributed by atoms with Gasteiger partial charge in [0.05, 0.1) is 17.1 Å². The van der Waals surface area contributed by atoms with Gasteiger partial charge < -0.3 is 9.88 Å². The van der Waals surface area contributed by atoms with Gasteiger partial charge in [0.25, 0.3) is 0 Å². The third kappa shape index (κ3) is 3.15. The predicted molar refractivity (Wildman–Crippen MR) is 91.3 cm³/mol. The second kappa shape index (κ2) is 6.82. The molecule has 0 aliphatic heterocycles. The van der Waals surface area contributed by atoms with Crippen LogP contribution in [-0.2, 0) is 17.9 Å². The molecule has 3 rings (SSSR count). The molecule has 0 unspecified atom stereocenters. The average molecular weight is 326 g/mol. The largest absolute Gasteiger partial charge is 0.345 e. The van der Waals surface area contributed by atoms with Gasteiger partial charge in [0, 0.05) is 6.54 Å². The Morgan fingerprint density at radius 3 is 2.92 bits per heavy atom. The molecule has 0 aliphatic carbocycles. The van der Waals surface area contributed by atoms with Gasteiger partial charge in [-0.1, -0.05) is 19.1 Å². The highest BCUT2D eigenvalue weighted by molar-refractivity contribution is 5.81. The summed E-state index contributed by atoms with van der Waals surface area (Å²) in [6.07, 6.45) is 2.50. The lowest BCUT2D eigenvalue weighted by Gasteiger charge is -2.15. The molecule has 3 aromatic rings. The molecule has 7 nitrogen and oxygen atoms in total. The predicted octanol–water partition coefficient (Wildman–Crippen LogP) is 2.22. The molecular weight excluding hydrogens is 304 g/mol. The number of nitrogens with one attached hydrogen (secondary N) is 1. The molecule has 0 aliphatic rings. The van der Waals surface area contributed by atoms with Crippen LogP contribution in [0.2, 0.25) is 0 Å². The molecule has 7 heteroatoms. The Kier molecular flexibility index (Phi) is 4.59. The molecule has 1 atom stereocenters. The summed E-state index contributed by atoms with van der Waals surface area (Å²) in [4.78, 5) is 21.2. The molecule has 0 fully saturated rings. The second-order valence-corrected chi connectivity index (χ2v) is 5.86. The summed E-state index contributed by atoms with van der Waals surface area (Å²) in [5, 5.41) is 7.20. The number of aryl methyl sites for hydroxylation is 2. The van der Waals surface area contributed by atoms with Crippen molar-refractivity contribution in [3.8, 4) is 0 Å². The Bertz CT molecular complexity index is 850. The number of aromatic nitrogens is 5. The zero-order chi connectivity index (χ0) is 17.1. The first-order valence-electron chi connectivity index (χ1n) is 8.19. The molecule has 0 radical (unpaired) electrons. The Balaban J connectivity index is 1.73. The van der Waals surface area contributed by atoms with Gasteiger partial charge in [0.2, 0.25) is 5.91 Å². The van der Waals surface area contributed by atoms with Gasteiger partial charge in [0.1, 0.15) is 24.5 Å². The van der Waals surface area contributed by atoms with Crippen molar-refractivity contribution in [3.05, 3.63) is 42.2 Å². The number of hydrogen-bond donors (Lipinski definition) is 1. The smallest absolute Gasteiger partial charge is 0.240 e. The lowest BCUT2D eigenvalue weighted by Crippen LogP contribution is -2.32. The third-order valence-corrected chi connectivity index (χ3v) is 3.99. The maximum Gasteiger partial charge on any atom is 0.240 e. The van der Waals surface area contributed by atoms with Crippen LogP contribution in [0.5, 0.6) is 0 Å². The molecule has 0 spiro atoms. The van der Waals surface area contributed by atoms with Crippen molar-refractivity contribution in [1.29, 1.82) is 0 Å². The number of amides is 1. The van der Waals surface area contributed by atoms with Crippen molar-refractivity contribution in [1.82, 2.24) is 29.6 Å². The lowest BCUT2D eigenvalue weighted by atomic mass is 10.3. The van der Waals surface area contributed by atoms with E-state index in [-0.39, 0.29) is 18.5 Å². The standard InChI is InChI=1S/C17H22N6O/c1-4-9-23-17(18-11-19-23)12(2)20-16(24)10-22-13(3)21-14-7-5-6-8-15(14)22/h5-8,11-12H,4,9-10H2,1-3H3,(H,20,24)/t12-/m0/s1. The van der Waals surface area contributed by atoms with E-state index >= 15 is 0 Å². The van der Waals surface area contributed by atoms with Crippen LogP contribution in [0, 0.1) is 6.92 Å². The van der Waals surface area contributed by atoms with Crippen molar-refractivity contribution in [2.45, 2.75) is 46.3 Å². The van der Waals surface area contributed by atoms with E-state index in [4.69, 9.17) is 0 Å². The summed E-state index contributed by atoms with van der Waals surface area (Å²) in [5.74, 6) is 1.53. The summed E-state index contributed by atoms with van der Waals surface area (Å²) in [6.45, 7) is 6.95. The van der Waals surface area contributed by atoms with E-state index in [9.17, 15) is 4.79 Å². The van der Waals surface area contributed by atoms with Gasteiger partial charge >= 0.3 is 0 Å². The molecule has 0 saturated heterocycles. The Morgan fingerprint density at radius 1 is 1.33 bits per heavy atom. The highest BCUT2D eigenvalue weighted by Crippen LogP contribution is 2.15. The van der Waals surface area contributed by atoms with Crippen molar-refractivity contribution in [3.63, 3.8) is 0 Å². The summed E-state index contributed by atoms with van der Waals surface area (Å²) in [5.41, 5.74) is 1.87. The number of rotatable bonds is 6. The van der Waals surface area contributed by atoms with E-state index in [0.29, 0.717) is 0 Å². The van der Waals surface area contributed by atoms with Gasteiger partial charge in [-0.2, -0.15) is 5.10 Å². The van der Waals surface area contributed by atoms with Crippen LogP contribution in [0.4, 0.5) is 0 Å². The Hall–Kier alpha value is -2.70. The quantitative estimate of drug-likeness (QED) is 0.753. The minimum Gasteiger partial charge on any atom is -0.345 e. The van der Waals surface area contributed by atoms with Crippen molar-refractivity contribution < 1.29 is 4.79 Å². The zero-order valence-electron chi connectivity index (χ0n) is 14.2. The van der Waals surface area contributed by atoms with Gasteiger partial charge in [0.15, 0.2) is 0 Å². The topological polar surface area (TPSA) is 77.6 Å². The maximum atomic E-state index is 12.5. The molecule has 1 N–H and O–H groups in total. The number of nitrogens with zero attached hydrogens (tertiary/aromatic N) is 5. The minimum atomic E-state index is -0.193. The summed E-state index contributed by atoms with van der Waals surface area (Å²) in [6, 6.07) is 7.63. The van der Waals surface area contributed by atoms with E-state index in [0.717, 1.165) is 35.6 Å².